The van der Waals surface area contributed by atoms with E-state index in [9.17, 15) is 13.2 Å². The van der Waals surface area contributed by atoms with Crippen LogP contribution in [0.3, 0.4) is 0 Å². The summed E-state index contributed by atoms with van der Waals surface area (Å²) in [5.74, 6) is -1.03. The summed E-state index contributed by atoms with van der Waals surface area (Å²) in [4.78, 5) is 13.6. The fourth-order valence-corrected chi connectivity index (χ4v) is 5.20. The average Bonchev–Trinajstić information content (AvgIpc) is 3.24. The van der Waals surface area contributed by atoms with Crippen molar-refractivity contribution in [1.29, 1.82) is 0 Å². The van der Waals surface area contributed by atoms with Crippen LogP contribution in [0.1, 0.15) is 4.88 Å². The first-order valence-electron chi connectivity index (χ1n) is 10.5. The lowest BCUT2D eigenvalue weighted by Crippen LogP contribution is -2.12. The molecule has 0 aliphatic carbocycles. The molecule has 3 aromatic carbocycles. The minimum Gasteiger partial charge on any atom is -0.478 e. The van der Waals surface area contributed by atoms with Gasteiger partial charge in [0.25, 0.3) is 10.0 Å². The number of sulfonamides is 1. The second-order valence-electron chi connectivity index (χ2n) is 7.78. The first-order valence-corrected chi connectivity index (χ1v) is 12.8. The van der Waals surface area contributed by atoms with Crippen LogP contribution in [0.5, 0.6) is 0 Å². The van der Waals surface area contributed by atoms with E-state index in [-0.39, 0.29) is 4.90 Å². The van der Waals surface area contributed by atoms with Crippen molar-refractivity contribution in [3.8, 4) is 0 Å². The van der Waals surface area contributed by atoms with Crippen LogP contribution in [-0.4, -0.2) is 33.6 Å². The number of hydrogen-bond donors (Lipinski definition) is 2. The van der Waals surface area contributed by atoms with Gasteiger partial charge in [-0.2, -0.15) is 10.2 Å². The first-order chi connectivity index (χ1) is 16.7. The van der Waals surface area contributed by atoms with Gasteiger partial charge in [-0.25, -0.2) is 13.2 Å². The molecule has 0 bridgehead atoms. The molecular weight excluding hydrogens is 484 g/mol. The Morgan fingerprint density at radius 3 is 2.17 bits per heavy atom. The summed E-state index contributed by atoms with van der Waals surface area (Å²) in [6.45, 7) is 0. The quantitative estimate of drug-likeness (QED) is 0.216. The summed E-state index contributed by atoms with van der Waals surface area (Å²) in [5, 5.41) is 18.0. The third-order valence-electron chi connectivity index (χ3n) is 4.97. The van der Waals surface area contributed by atoms with Crippen LogP contribution in [0.4, 0.5) is 22.7 Å². The van der Waals surface area contributed by atoms with Gasteiger partial charge >= 0.3 is 5.97 Å². The fraction of sp³-hybridized carbons (Fsp3) is 0.0800. The number of carboxylic acids is 1. The van der Waals surface area contributed by atoms with E-state index in [4.69, 9.17) is 5.11 Å². The van der Waals surface area contributed by atoms with E-state index >= 15 is 0 Å². The molecule has 4 aromatic rings. The smallest absolute Gasteiger partial charge is 0.328 e. The standard InChI is InChI=1S/C25H22N4O4S2/c1-29(2)21-8-3-18(4-9-21)26-27-19-5-11-23(12-6-19)35(32,33)28-20-7-13-24-17(15-20)16-22(34-24)10-14-25(30)31/h3-16,28H,1-2H3,(H,30,31). The number of carboxylic acid groups (broad SMARTS) is 1. The molecule has 0 amide bonds. The molecule has 0 fully saturated rings. The van der Waals surface area contributed by atoms with Gasteiger partial charge in [0.15, 0.2) is 0 Å². The van der Waals surface area contributed by atoms with Crippen molar-refractivity contribution in [2.75, 3.05) is 23.7 Å². The Kier molecular flexibility index (Phi) is 6.94. The van der Waals surface area contributed by atoms with Crippen molar-refractivity contribution >= 4 is 66.2 Å². The zero-order valence-corrected chi connectivity index (χ0v) is 20.5. The van der Waals surface area contributed by atoms with E-state index in [0.717, 1.165) is 26.7 Å². The van der Waals surface area contributed by atoms with E-state index in [1.807, 2.05) is 49.3 Å². The number of fused-ring (bicyclic) bond motifs is 1. The van der Waals surface area contributed by atoms with E-state index in [1.54, 1.807) is 30.3 Å². The van der Waals surface area contributed by atoms with Crippen molar-refractivity contribution < 1.29 is 18.3 Å². The van der Waals surface area contributed by atoms with Crippen molar-refractivity contribution in [2.24, 2.45) is 10.2 Å². The van der Waals surface area contributed by atoms with Gasteiger partial charge in [0, 0.05) is 41.1 Å². The molecular formula is C25H22N4O4S2. The van der Waals surface area contributed by atoms with Crippen molar-refractivity contribution in [2.45, 2.75) is 4.90 Å². The van der Waals surface area contributed by atoms with Gasteiger partial charge in [-0.3, -0.25) is 4.72 Å². The minimum absolute atomic E-state index is 0.0993. The molecule has 10 heteroatoms. The Bertz CT molecular complexity index is 1520. The number of nitrogens with zero attached hydrogens (tertiary/aromatic N) is 3. The maximum Gasteiger partial charge on any atom is 0.328 e. The number of hydrogen-bond acceptors (Lipinski definition) is 7. The lowest BCUT2D eigenvalue weighted by Gasteiger charge is -2.11. The topological polar surface area (TPSA) is 111 Å². The number of aliphatic carboxylic acids is 1. The molecule has 0 aliphatic heterocycles. The Morgan fingerprint density at radius 2 is 1.57 bits per heavy atom. The van der Waals surface area contributed by atoms with Crippen LogP contribution in [0.2, 0.25) is 0 Å². The number of anilines is 2. The summed E-state index contributed by atoms with van der Waals surface area (Å²) >= 11 is 1.42. The lowest BCUT2D eigenvalue weighted by molar-refractivity contribution is -0.131. The third-order valence-corrected chi connectivity index (χ3v) is 7.45. The van der Waals surface area contributed by atoms with Gasteiger partial charge in [-0.1, -0.05) is 0 Å². The molecule has 0 radical (unpaired) electrons. The zero-order chi connectivity index (χ0) is 25.0. The zero-order valence-electron chi connectivity index (χ0n) is 18.9. The molecule has 0 unspecified atom stereocenters. The van der Waals surface area contributed by atoms with Crippen LogP contribution in [-0.2, 0) is 14.8 Å². The Labute approximate surface area is 206 Å². The molecule has 178 valence electrons. The molecule has 0 saturated heterocycles. The number of rotatable bonds is 8. The second-order valence-corrected chi connectivity index (χ2v) is 10.6. The van der Waals surface area contributed by atoms with Crippen LogP contribution in [0.15, 0.2) is 94.0 Å². The molecule has 2 N–H and O–H groups in total. The second kappa shape index (κ2) is 10.1. The highest BCUT2D eigenvalue weighted by Crippen LogP contribution is 2.30. The molecule has 4 rings (SSSR count). The highest BCUT2D eigenvalue weighted by molar-refractivity contribution is 7.92. The van der Waals surface area contributed by atoms with E-state index in [2.05, 4.69) is 15.0 Å². The summed E-state index contributed by atoms with van der Waals surface area (Å²) < 4.78 is 29.2. The summed E-state index contributed by atoms with van der Waals surface area (Å²) in [5.41, 5.74) is 2.69. The molecule has 35 heavy (non-hydrogen) atoms. The largest absolute Gasteiger partial charge is 0.478 e. The van der Waals surface area contributed by atoms with Crippen molar-refractivity contribution in [1.82, 2.24) is 0 Å². The molecule has 0 spiro atoms. The average molecular weight is 507 g/mol. The fourth-order valence-electron chi connectivity index (χ4n) is 3.20. The highest BCUT2D eigenvalue weighted by atomic mass is 32.2. The Morgan fingerprint density at radius 1 is 0.943 bits per heavy atom. The maximum atomic E-state index is 12.9. The summed E-state index contributed by atoms with van der Waals surface area (Å²) in [7, 11) is 0.108. The predicted octanol–water partition coefficient (Wildman–Crippen LogP) is 6.28. The van der Waals surface area contributed by atoms with Crippen LogP contribution in [0, 0.1) is 0 Å². The minimum atomic E-state index is -3.81. The van der Waals surface area contributed by atoms with Crippen LogP contribution >= 0.6 is 11.3 Å². The van der Waals surface area contributed by atoms with E-state index in [0.29, 0.717) is 17.1 Å². The van der Waals surface area contributed by atoms with Crippen molar-refractivity contribution in [3.63, 3.8) is 0 Å². The molecule has 8 nitrogen and oxygen atoms in total. The number of nitrogens with one attached hydrogen (secondary N) is 1. The van der Waals surface area contributed by atoms with Gasteiger partial charge in [0.1, 0.15) is 0 Å². The van der Waals surface area contributed by atoms with Crippen LogP contribution < -0.4 is 9.62 Å². The monoisotopic (exact) mass is 506 g/mol. The van der Waals surface area contributed by atoms with Gasteiger partial charge in [0.2, 0.25) is 0 Å². The summed E-state index contributed by atoms with van der Waals surface area (Å²) in [6, 6.07) is 20.7. The number of carbonyl (C=O) groups is 1. The first kappa shape index (κ1) is 24.1. The molecule has 0 saturated carbocycles. The Balaban J connectivity index is 1.46. The summed E-state index contributed by atoms with van der Waals surface area (Å²) in [6.07, 6.45) is 2.58. The molecule has 1 heterocycles. The van der Waals surface area contributed by atoms with Crippen molar-refractivity contribution in [3.05, 3.63) is 83.7 Å². The van der Waals surface area contributed by atoms with Gasteiger partial charge in [-0.15, -0.1) is 11.3 Å². The number of thiophene rings is 1. The SMILES string of the molecule is CN(C)c1ccc(N=Nc2ccc(S(=O)(=O)Nc3ccc4sc(C=CC(=O)O)cc4c3)cc2)cc1. The maximum absolute atomic E-state index is 12.9. The normalized spacial score (nSPS) is 11.9. The number of benzene rings is 3. The van der Waals surface area contributed by atoms with E-state index in [1.165, 1.54) is 29.5 Å². The predicted molar refractivity (Wildman–Crippen MR) is 141 cm³/mol. The lowest BCUT2D eigenvalue weighted by atomic mass is 10.2. The van der Waals surface area contributed by atoms with Crippen LogP contribution in [0.25, 0.3) is 16.2 Å². The Hall–Kier alpha value is -4.02. The highest BCUT2D eigenvalue weighted by Gasteiger charge is 2.15. The molecule has 1 aromatic heterocycles. The number of azo groups is 1. The molecule has 0 aliphatic rings. The van der Waals surface area contributed by atoms with Gasteiger partial charge in [-0.05, 0) is 84.3 Å². The third kappa shape index (κ3) is 6.11. The van der Waals surface area contributed by atoms with E-state index < -0.39 is 16.0 Å². The molecule has 0 atom stereocenters. The van der Waals surface area contributed by atoms with Gasteiger partial charge < -0.3 is 10.0 Å². The van der Waals surface area contributed by atoms with Gasteiger partial charge in [0.05, 0.1) is 16.3 Å².